The van der Waals surface area contributed by atoms with Crippen molar-refractivity contribution in [1.82, 2.24) is 4.31 Å². The van der Waals surface area contributed by atoms with Gasteiger partial charge >= 0.3 is 0 Å². The first kappa shape index (κ1) is 13.6. The molecule has 0 bridgehead atoms. The lowest BCUT2D eigenvalue weighted by atomic mass is 10.0. The maximum atomic E-state index is 12.5. The van der Waals surface area contributed by atoms with E-state index in [0.717, 1.165) is 24.8 Å². The van der Waals surface area contributed by atoms with Crippen molar-refractivity contribution >= 4 is 10.0 Å². The van der Waals surface area contributed by atoms with Crippen LogP contribution in [0.5, 0.6) is 0 Å². The van der Waals surface area contributed by atoms with Crippen molar-refractivity contribution in [2.24, 2.45) is 5.92 Å². The van der Waals surface area contributed by atoms with E-state index in [1.54, 1.807) is 16.4 Å². The first-order valence-electron chi connectivity index (χ1n) is 6.61. The predicted molar refractivity (Wildman–Crippen MR) is 73.0 cm³/mol. The second-order valence-corrected chi connectivity index (χ2v) is 6.98. The summed E-state index contributed by atoms with van der Waals surface area (Å²) in [5.41, 5.74) is 0.830. The van der Waals surface area contributed by atoms with Crippen LogP contribution in [-0.4, -0.2) is 25.8 Å². The van der Waals surface area contributed by atoms with E-state index in [-0.39, 0.29) is 0 Å². The van der Waals surface area contributed by atoms with E-state index in [0.29, 0.717) is 23.9 Å². The van der Waals surface area contributed by atoms with Crippen molar-refractivity contribution in [3.63, 3.8) is 0 Å². The Bertz CT molecular complexity index is 510. The lowest BCUT2D eigenvalue weighted by molar-refractivity contribution is 0.444. The summed E-state index contributed by atoms with van der Waals surface area (Å²) < 4.78 is 26.7. The number of sulfonamides is 1. The maximum Gasteiger partial charge on any atom is 0.243 e. The minimum atomic E-state index is -3.29. The molecule has 0 N–H and O–H groups in total. The summed E-state index contributed by atoms with van der Waals surface area (Å²) in [5.74, 6) is 0.536. The molecule has 1 aromatic rings. The Hall–Kier alpha value is -0.870. The molecule has 0 aliphatic carbocycles. The zero-order valence-corrected chi connectivity index (χ0v) is 11.9. The predicted octanol–water partition coefficient (Wildman–Crippen LogP) is 2.81. The van der Waals surface area contributed by atoms with Crippen LogP contribution in [0.3, 0.4) is 0 Å². The topological polar surface area (TPSA) is 37.4 Å². The highest BCUT2D eigenvalue weighted by Gasteiger charge is 2.32. The lowest BCUT2D eigenvalue weighted by Crippen LogP contribution is -2.29. The van der Waals surface area contributed by atoms with Crippen LogP contribution in [-0.2, 0) is 10.0 Å². The molecular formula is C14H21NO2S. The van der Waals surface area contributed by atoms with Gasteiger partial charge in [0.15, 0.2) is 0 Å². The highest BCUT2D eigenvalue weighted by molar-refractivity contribution is 7.89. The smallest absolute Gasteiger partial charge is 0.207 e. The first-order chi connectivity index (χ1) is 8.55. The summed E-state index contributed by atoms with van der Waals surface area (Å²) in [5, 5.41) is 0. The summed E-state index contributed by atoms with van der Waals surface area (Å²) >= 11 is 0. The average molecular weight is 267 g/mol. The molecule has 1 atom stereocenters. The molecule has 4 heteroatoms. The molecule has 18 heavy (non-hydrogen) atoms. The standard InChI is InChI=1S/C14H21NO2S/c1-3-6-13-9-10-15(11-13)18(16,17)14-8-5-4-7-12(14)2/h4-5,7-8,13H,3,6,9-11H2,1-2H3. The van der Waals surface area contributed by atoms with Crippen molar-refractivity contribution in [3.05, 3.63) is 29.8 Å². The number of nitrogens with zero attached hydrogens (tertiary/aromatic N) is 1. The van der Waals surface area contributed by atoms with Gasteiger partial charge in [0.2, 0.25) is 10.0 Å². The summed E-state index contributed by atoms with van der Waals surface area (Å²) in [7, 11) is -3.29. The van der Waals surface area contributed by atoms with Crippen LogP contribution < -0.4 is 0 Å². The third-order valence-electron chi connectivity index (χ3n) is 3.66. The van der Waals surface area contributed by atoms with Gasteiger partial charge in [-0.15, -0.1) is 0 Å². The van der Waals surface area contributed by atoms with Gasteiger partial charge in [-0.05, 0) is 37.3 Å². The minimum Gasteiger partial charge on any atom is -0.207 e. The molecule has 1 aromatic carbocycles. The van der Waals surface area contributed by atoms with Gasteiger partial charge in [-0.3, -0.25) is 0 Å². The molecule has 1 fully saturated rings. The second-order valence-electron chi connectivity index (χ2n) is 5.07. The number of aryl methyl sites for hydroxylation is 1. The van der Waals surface area contributed by atoms with Crippen molar-refractivity contribution in [1.29, 1.82) is 0 Å². The first-order valence-corrected chi connectivity index (χ1v) is 8.05. The Kier molecular flexibility index (Phi) is 4.07. The van der Waals surface area contributed by atoms with E-state index in [9.17, 15) is 8.42 Å². The third kappa shape index (κ3) is 2.59. The molecule has 0 radical (unpaired) electrons. The lowest BCUT2D eigenvalue weighted by Gasteiger charge is -2.17. The SMILES string of the molecule is CCCC1CCN(S(=O)(=O)c2ccccc2C)C1. The molecule has 1 aliphatic heterocycles. The number of benzene rings is 1. The van der Waals surface area contributed by atoms with Crippen LogP contribution in [0.1, 0.15) is 31.7 Å². The highest BCUT2D eigenvalue weighted by Crippen LogP contribution is 2.27. The number of rotatable bonds is 4. The van der Waals surface area contributed by atoms with Gasteiger partial charge in [0.05, 0.1) is 4.90 Å². The fraction of sp³-hybridized carbons (Fsp3) is 0.571. The molecule has 1 aliphatic rings. The monoisotopic (exact) mass is 267 g/mol. The van der Waals surface area contributed by atoms with Crippen molar-refractivity contribution in [2.75, 3.05) is 13.1 Å². The summed E-state index contributed by atoms with van der Waals surface area (Å²) in [4.78, 5) is 0.460. The quantitative estimate of drug-likeness (QED) is 0.841. The average Bonchev–Trinajstić information content (AvgIpc) is 2.79. The van der Waals surface area contributed by atoms with Crippen LogP contribution in [0, 0.1) is 12.8 Å². The molecule has 3 nitrogen and oxygen atoms in total. The zero-order chi connectivity index (χ0) is 13.2. The molecule has 1 saturated heterocycles. The van der Waals surface area contributed by atoms with E-state index >= 15 is 0 Å². The van der Waals surface area contributed by atoms with Crippen LogP contribution in [0.25, 0.3) is 0 Å². The van der Waals surface area contributed by atoms with Gasteiger partial charge in [-0.1, -0.05) is 31.5 Å². The molecule has 0 saturated carbocycles. The van der Waals surface area contributed by atoms with Gasteiger partial charge in [0.1, 0.15) is 0 Å². The van der Waals surface area contributed by atoms with E-state index in [1.165, 1.54) is 0 Å². The molecule has 0 amide bonds. The van der Waals surface area contributed by atoms with Crippen LogP contribution >= 0.6 is 0 Å². The Morgan fingerprint density at radius 2 is 2.06 bits per heavy atom. The van der Waals surface area contributed by atoms with Crippen molar-refractivity contribution in [3.8, 4) is 0 Å². The van der Waals surface area contributed by atoms with Gasteiger partial charge in [-0.25, -0.2) is 8.42 Å². The van der Waals surface area contributed by atoms with Crippen molar-refractivity contribution in [2.45, 2.75) is 38.0 Å². The normalized spacial score (nSPS) is 21.3. The summed E-state index contributed by atoms with van der Waals surface area (Å²) in [6.07, 6.45) is 3.25. The van der Waals surface area contributed by atoms with Crippen LogP contribution in [0.2, 0.25) is 0 Å². The van der Waals surface area contributed by atoms with E-state index in [2.05, 4.69) is 6.92 Å². The molecule has 1 heterocycles. The Morgan fingerprint density at radius 3 is 2.72 bits per heavy atom. The molecule has 0 spiro atoms. The molecule has 1 unspecified atom stereocenters. The Morgan fingerprint density at radius 1 is 1.33 bits per heavy atom. The summed E-state index contributed by atoms with van der Waals surface area (Å²) in [6, 6.07) is 7.22. The summed E-state index contributed by atoms with van der Waals surface area (Å²) in [6.45, 7) is 5.36. The van der Waals surface area contributed by atoms with Crippen LogP contribution in [0.4, 0.5) is 0 Å². The van der Waals surface area contributed by atoms with Gasteiger partial charge < -0.3 is 0 Å². The number of hydrogen-bond donors (Lipinski definition) is 0. The van der Waals surface area contributed by atoms with E-state index in [4.69, 9.17) is 0 Å². The van der Waals surface area contributed by atoms with Gasteiger partial charge in [-0.2, -0.15) is 4.31 Å². The van der Waals surface area contributed by atoms with Crippen molar-refractivity contribution < 1.29 is 8.42 Å². The Balaban J connectivity index is 2.21. The fourth-order valence-corrected chi connectivity index (χ4v) is 4.40. The highest BCUT2D eigenvalue weighted by atomic mass is 32.2. The van der Waals surface area contributed by atoms with E-state index < -0.39 is 10.0 Å². The second kappa shape index (κ2) is 5.41. The fourth-order valence-electron chi connectivity index (χ4n) is 2.64. The van der Waals surface area contributed by atoms with E-state index in [1.807, 2.05) is 19.1 Å². The largest absolute Gasteiger partial charge is 0.243 e. The molecule has 0 aromatic heterocycles. The molecule has 2 rings (SSSR count). The van der Waals surface area contributed by atoms with Gasteiger partial charge in [0.25, 0.3) is 0 Å². The third-order valence-corrected chi connectivity index (χ3v) is 5.68. The zero-order valence-electron chi connectivity index (χ0n) is 11.1. The van der Waals surface area contributed by atoms with Gasteiger partial charge in [0, 0.05) is 13.1 Å². The Labute approximate surface area is 110 Å². The maximum absolute atomic E-state index is 12.5. The number of hydrogen-bond acceptors (Lipinski definition) is 2. The minimum absolute atomic E-state index is 0.460. The molecular weight excluding hydrogens is 246 g/mol. The van der Waals surface area contributed by atoms with Crippen LogP contribution in [0.15, 0.2) is 29.2 Å². The molecule has 100 valence electrons.